The van der Waals surface area contributed by atoms with Gasteiger partial charge in [-0.1, -0.05) is 54.1 Å². The highest BCUT2D eigenvalue weighted by atomic mass is 35.5. The van der Waals surface area contributed by atoms with Crippen LogP contribution in [0.3, 0.4) is 0 Å². The van der Waals surface area contributed by atoms with Crippen LogP contribution in [0.5, 0.6) is 11.5 Å². The molecule has 1 aliphatic rings. The smallest absolute Gasteiger partial charge is 0.335 e. The van der Waals surface area contributed by atoms with Crippen molar-refractivity contribution >= 4 is 41.2 Å². The molecule has 0 radical (unpaired) electrons. The SMILES string of the molecule is COc1cc(/C=C2\C(=O)NC(=O)N(c3cccc(Cl)c3)C2=O)ccc1OCc1ccccc1. The molecule has 4 amide bonds. The summed E-state index contributed by atoms with van der Waals surface area (Å²) in [5.41, 5.74) is 1.58. The molecule has 0 bridgehead atoms. The van der Waals surface area contributed by atoms with E-state index >= 15 is 0 Å². The zero-order valence-electron chi connectivity index (χ0n) is 17.6. The maximum Gasteiger partial charge on any atom is 0.335 e. The van der Waals surface area contributed by atoms with E-state index in [0.717, 1.165) is 10.5 Å². The first-order valence-electron chi connectivity index (χ1n) is 9.98. The van der Waals surface area contributed by atoms with Crippen molar-refractivity contribution in [2.24, 2.45) is 0 Å². The van der Waals surface area contributed by atoms with Crippen LogP contribution >= 0.6 is 11.6 Å². The van der Waals surface area contributed by atoms with Crippen LogP contribution in [0.2, 0.25) is 5.02 Å². The molecule has 8 heteroatoms. The van der Waals surface area contributed by atoms with Gasteiger partial charge < -0.3 is 9.47 Å². The highest BCUT2D eigenvalue weighted by Crippen LogP contribution is 2.31. The van der Waals surface area contributed by atoms with Crippen molar-refractivity contribution in [2.75, 3.05) is 12.0 Å². The second kappa shape index (κ2) is 9.58. The van der Waals surface area contributed by atoms with Crippen molar-refractivity contribution in [1.82, 2.24) is 5.32 Å². The van der Waals surface area contributed by atoms with Gasteiger partial charge in [-0.15, -0.1) is 0 Å². The Morgan fingerprint density at radius 3 is 2.45 bits per heavy atom. The van der Waals surface area contributed by atoms with Gasteiger partial charge in [0, 0.05) is 5.02 Å². The fraction of sp³-hybridized carbons (Fsp3) is 0.0800. The number of amides is 4. The molecule has 1 saturated heterocycles. The zero-order valence-corrected chi connectivity index (χ0v) is 18.3. The number of barbiturate groups is 1. The molecule has 1 fully saturated rings. The number of hydrogen-bond acceptors (Lipinski definition) is 5. The lowest BCUT2D eigenvalue weighted by Crippen LogP contribution is -2.54. The molecule has 0 unspecified atom stereocenters. The summed E-state index contributed by atoms with van der Waals surface area (Å²) >= 11 is 5.99. The standard InChI is InChI=1S/C25H19ClN2O5/c1-32-22-13-17(10-11-21(22)33-15-16-6-3-2-4-7-16)12-20-23(29)27-25(31)28(24(20)30)19-9-5-8-18(26)14-19/h2-14H,15H2,1H3,(H,27,29,31)/b20-12+. The Kier molecular flexibility index (Phi) is 6.42. The molecule has 1 aliphatic heterocycles. The quantitative estimate of drug-likeness (QED) is 0.427. The molecule has 0 spiro atoms. The Labute approximate surface area is 195 Å². The summed E-state index contributed by atoms with van der Waals surface area (Å²) in [4.78, 5) is 38.6. The lowest BCUT2D eigenvalue weighted by Gasteiger charge is -2.26. The molecular formula is C25H19ClN2O5. The number of benzene rings is 3. The normalized spacial score (nSPS) is 14.9. The van der Waals surface area contributed by atoms with Crippen LogP contribution in [0.15, 0.2) is 78.4 Å². The molecule has 7 nitrogen and oxygen atoms in total. The minimum Gasteiger partial charge on any atom is -0.493 e. The number of imide groups is 2. The molecule has 0 aromatic heterocycles. The summed E-state index contributed by atoms with van der Waals surface area (Å²) in [6.45, 7) is 0.356. The van der Waals surface area contributed by atoms with Crippen molar-refractivity contribution < 1.29 is 23.9 Å². The van der Waals surface area contributed by atoms with E-state index < -0.39 is 17.8 Å². The predicted molar refractivity (Wildman–Crippen MR) is 124 cm³/mol. The first-order valence-corrected chi connectivity index (χ1v) is 10.4. The van der Waals surface area contributed by atoms with Crippen LogP contribution in [0, 0.1) is 0 Å². The summed E-state index contributed by atoms with van der Waals surface area (Å²) in [5.74, 6) is -0.591. The Morgan fingerprint density at radius 2 is 1.73 bits per heavy atom. The number of nitrogens with zero attached hydrogens (tertiary/aromatic N) is 1. The van der Waals surface area contributed by atoms with Crippen molar-refractivity contribution in [3.8, 4) is 11.5 Å². The van der Waals surface area contributed by atoms with Gasteiger partial charge in [-0.05, 0) is 47.5 Å². The Bertz CT molecular complexity index is 1260. The van der Waals surface area contributed by atoms with Crippen molar-refractivity contribution in [1.29, 1.82) is 0 Å². The summed E-state index contributed by atoms with van der Waals surface area (Å²) in [5, 5.41) is 2.54. The number of anilines is 1. The number of nitrogens with one attached hydrogen (secondary N) is 1. The minimum absolute atomic E-state index is 0.199. The number of halogens is 1. The van der Waals surface area contributed by atoms with Crippen LogP contribution in [0.1, 0.15) is 11.1 Å². The van der Waals surface area contributed by atoms with Gasteiger partial charge >= 0.3 is 6.03 Å². The number of rotatable bonds is 6. The molecule has 3 aromatic carbocycles. The van der Waals surface area contributed by atoms with E-state index in [1.54, 1.807) is 36.4 Å². The van der Waals surface area contributed by atoms with Crippen molar-refractivity contribution in [3.05, 3.63) is 94.5 Å². The summed E-state index contributed by atoms with van der Waals surface area (Å²) in [6.07, 6.45) is 1.39. The second-order valence-corrected chi connectivity index (χ2v) is 7.56. The number of ether oxygens (including phenoxy) is 2. The molecule has 1 heterocycles. The van der Waals surface area contributed by atoms with Gasteiger partial charge in [-0.3, -0.25) is 14.9 Å². The van der Waals surface area contributed by atoms with Gasteiger partial charge in [-0.2, -0.15) is 0 Å². The average molecular weight is 463 g/mol. The van der Waals surface area contributed by atoms with Crippen LogP contribution in [0.4, 0.5) is 10.5 Å². The lowest BCUT2D eigenvalue weighted by atomic mass is 10.1. The molecule has 33 heavy (non-hydrogen) atoms. The van der Waals surface area contributed by atoms with Gasteiger partial charge in [0.15, 0.2) is 11.5 Å². The first kappa shape index (κ1) is 22.1. The first-order chi connectivity index (χ1) is 16.0. The van der Waals surface area contributed by atoms with Crippen LogP contribution in [-0.4, -0.2) is 25.0 Å². The van der Waals surface area contributed by atoms with Crippen molar-refractivity contribution in [2.45, 2.75) is 6.61 Å². The third-order valence-corrected chi connectivity index (χ3v) is 5.14. The van der Waals surface area contributed by atoms with Crippen LogP contribution < -0.4 is 19.7 Å². The van der Waals surface area contributed by atoms with Crippen LogP contribution in [-0.2, 0) is 16.2 Å². The van der Waals surface area contributed by atoms with E-state index in [1.165, 1.54) is 19.3 Å². The van der Waals surface area contributed by atoms with Gasteiger partial charge in [0.25, 0.3) is 11.8 Å². The second-order valence-electron chi connectivity index (χ2n) is 7.12. The molecule has 1 N–H and O–H groups in total. The Hall–Kier alpha value is -4.10. The third-order valence-electron chi connectivity index (χ3n) is 4.90. The van der Waals surface area contributed by atoms with E-state index in [2.05, 4.69) is 5.32 Å². The van der Waals surface area contributed by atoms with Gasteiger partial charge in [-0.25, -0.2) is 9.69 Å². The number of hydrogen-bond donors (Lipinski definition) is 1. The lowest BCUT2D eigenvalue weighted by molar-refractivity contribution is -0.122. The van der Waals surface area contributed by atoms with Crippen LogP contribution in [0.25, 0.3) is 6.08 Å². The summed E-state index contributed by atoms with van der Waals surface area (Å²) < 4.78 is 11.3. The fourth-order valence-corrected chi connectivity index (χ4v) is 3.49. The molecule has 0 atom stereocenters. The minimum atomic E-state index is -0.841. The third kappa shape index (κ3) is 4.88. The number of methoxy groups -OCH3 is 1. The van der Waals surface area contributed by atoms with E-state index in [0.29, 0.717) is 28.7 Å². The largest absolute Gasteiger partial charge is 0.493 e. The molecule has 166 valence electrons. The number of carbonyl (C=O) groups is 3. The monoisotopic (exact) mass is 462 g/mol. The maximum absolute atomic E-state index is 13.0. The highest BCUT2D eigenvalue weighted by Gasteiger charge is 2.36. The summed E-state index contributed by atoms with van der Waals surface area (Å²) in [7, 11) is 1.50. The van der Waals surface area contributed by atoms with Gasteiger partial charge in [0.2, 0.25) is 0 Å². The Morgan fingerprint density at radius 1 is 0.939 bits per heavy atom. The predicted octanol–water partition coefficient (Wildman–Crippen LogP) is 4.59. The molecule has 4 rings (SSSR count). The number of urea groups is 1. The van der Waals surface area contributed by atoms with E-state index in [1.807, 2.05) is 30.3 Å². The van der Waals surface area contributed by atoms with Gasteiger partial charge in [0.05, 0.1) is 12.8 Å². The molecule has 0 aliphatic carbocycles. The molecular weight excluding hydrogens is 444 g/mol. The Balaban J connectivity index is 1.60. The number of carbonyl (C=O) groups excluding carboxylic acids is 3. The zero-order chi connectivity index (χ0) is 23.4. The topological polar surface area (TPSA) is 84.9 Å². The molecule has 0 saturated carbocycles. The average Bonchev–Trinajstić information content (AvgIpc) is 2.81. The highest BCUT2D eigenvalue weighted by molar-refractivity contribution is 6.39. The van der Waals surface area contributed by atoms with E-state index in [-0.39, 0.29) is 11.3 Å². The molecule has 3 aromatic rings. The van der Waals surface area contributed by atoms with Gasteiger partial charge in [0.1, 0.15) is 12.2 Å². The van der Waals surface area contributed by atoms with E-state index in [9.17, 15) is 14.4 Å². The fourth-order valence-electron chi connectivity index (χ4n) is 3.30. The summed E-state index contributed by atoms with van der Waals surface area (Å²) in [6, 6.07) is 20.1. The van der Waals surface area contributed by atoms with E-state index in [4.69, 9.17) is 21.1 Å². The van der Waals surface area contributed by atoms with Crippen molar-refractivity contribution in [3.63, 3.8) is 0 Å². The maximum atomic E-state index is 13.0.